The molecule has 0 aromatic rings. The molecule has 0 unspecified atom stereocenters. The molecule has 306 valence electrons. The number of ether oxygens (including phenoxy) is 3. The Bertz CT molecular complexity index is 1660. The van der Waals surface area contributed by atoms with Crippen molar-refractivity contribution in [2.24, 2.45) is 67.5 Å². The third kappa shape index (κ3) is 4.98. The maximum atomic E-state index is 14.0. The first-order valence-electron chi connectivity index (χ1n) is 21.0. The number of carbonyl (C=O) groups excluding carboxylic acids is 1. The van der Waals surface area contributed by atoms with Gasteiger partial charge in [-0.05, 0) is 121 Å². The molecule has 7 aliphatic carbocycles. The number of carbonyl (C=O) groups is 3. The Balaban J connectivity index is 1.23. The van der Waals surface area contributed by atoms with E-state index in [-0.39, 0.29) is 51.2 Å². The number of aliphatic carboxylic acids is 2. The second-order valence-electron chi connectivity index (χ2n) is 20.8. The average Bonchev–Trinajstić information content (AvgIpc) is 3.11. The SMILES string of the molecule is COC[C@H]1C[C@]2(C)CC=C[C@]3(C2)C2=C[C@H]4CC[C@@H]5C[C@H](O[C@@H]6O[C@H](C(=O)O)[C@@H](O)[C@H](O)[C@H]6O)C(C)(C)[C@@H]6CC[C@](C)([C@H]4[C@@]56C)[C@]2(CCC=O)CC[C@@]13C(=O)O. The van der Waals surface area contributed by atoms with Crippen molar-refractivity contribution in [1.82, 2.24) is 0 Å². The van der Waals surface area contributed by atoms with E-state index >= 15 is 0 Å². The second-order valence-corrected chi connectivity index (χ2v) is 20.8. The van der Waals surface area contributed by atoms with Crippen LogP contribution in [0.5, 0.6) is 0 Å². The summed E-state index contributed by atoms with van der Waals surface area (Å²) >= 11 is 0. The van der Waals surface area contributed by atoms with Gasteiger partial charge in [0.1, 0.15) is 24.6 Å². The van der Waals surface area contributed by atoms with Crippen LogP contribution in [0.3, 0.4) is 0 Å². The number of methoxy groups -OCH3 is 1. The summed E-state index contributed by atoms with van der Waals surface area (Å²) in [6, 6.07) is 0. The lowest BCUT2D eigenvalue weighted by Gasteiger charge is -2.78. The highest BCUT2D eigenvalue weighted by atomic mass is 16.7. The molecule has 2 bridgehead atoms. The molecule has 5 N–H and O–H groups in total. The van der Waals surface area contributed by atoms with Crippen LogP contribution in [0.1, 0.15) is 112 Å². The molecule has 17 atom stereocenters. The lowest BCUT2D eigenvalue weighted by atomic mass is 9.26. The molecular weight excluding hydrogens is 704 g/mol. The minimum atomic E-state index is -1.78. The van der Waals surface area contributed by atoms with Crippen molar-refractivity contribution in [3.05, 3.63) is 23.8 Å². The molecule has 0 amide bonds. The number of hydrogen-bond donors (Lipinski definition) is 5. The van der Waals surface area contributed by atoms with Crippen LogP contribution in [0, 0.1) is 67.5 Å². The van der Waals surface area contributed by atoms with Crippen LogP contribution in [0.15, 0.2) is 23.8 Å². The van der Waals surface area contributed by atoms with Crippen LogP contribution in [0.25, 0.3) is 0 Å². The fourth-order valence-corrected chi connectivity index (χ4v) is 16.4. The van der Waals surface area contributed by atoms with E-state index in [0.29, 0.717) is 32.3 Å². The van der Waals surface area contributed by atoms with Crippen LogP contribution in [-0.4, -0.2) is 94.3 Å². The third-order valence-electron chi connectivity index (χ3n) is 18.4. The Morgan fingerprint density at radius 2 is 1.73 bits per heavy atom. The van der Waals surface area contributed by atoms with Gasteiger partial charge >= 0.3 is 11.9 Å². The molecule has 8 aliphatic rings. The molecule has 0 radical (unpaired) electrons. The normalized spacial score (nSPS) is 53.2. The first kappa shape index (κ1) is 39.7. The highest BCUT2D eigenvalue weighted by Gasteiger charge is 2.78. The summed E-state index contributed by atoms with van der Waals surface area (Å²) < 4.78 is 18.1. The summed E-state index contributed by atoms with van der Waals surface area (Å²) in [6.07, 6.45) is 8.87. The highest BCUT2D eigenvalue weighted by Crippen LogP contribution is 2.83. The lowest BCUT2D eigenvalue weighted by Crippen LogP contribution is -2.73. The van der Waals surface area contributed by atoms with Gasteiger partial charge in [-0.1, -0.05) is 58.4 Å². The van der Waals surface area contributed by atoms with Crippen molar-refractivity contribution in [3.63, 3.8) is 0 Å². The number of aldehydes is 1. The molecule has 8 rings (SSSR count). The number of allylic oxidation sites excluding steroid dienone is 4. The summed E-state index contributed by atoms with van der Waals surface area (Å²) in [5, 5.41) is 53.1. The molecule has 6 fully saturated rings. The van der Waals surface area contributed by atoms with Gasteiger partial charge in [0.2, 0.25) is 0 Å². The van der Waals surface area contributed by atoms with E-state index in [4.69, 9.17) is 14.2 Å². The van der Waals surface area contributed by atoms with Crippen LogP contribution >= 0.6 is 0 Å². The van der Waals surface area contributed by atoms with Gasteiger partial charge in [0, 0.05) is 24.9 Å². The number of aliphatic hydroxyl groups is 3. The molecule has 1 heterocycles. The fraction of sp³-hybridized carbons (Fsp3) is 0.841. The lowest BCUT2D eigenvalue weighted by molar-refractivity contribution is -0.333. The summed E-state index contributed by atoms with van der Waals surface area (Å²) in [7, 11) is 1.69. The molecule has 11 heteroatoms. The summed E-state index contributed by atoms with van der Waals surface area (Å²) in [6.45, 7) is 12.2. The first-order chi connectivity index (χ1) is 25.8. The molecule has 11 nitrogen and oxygen atoms in total. The molecule has 0 aromatic carbocycles. The summed E-state index contributed by atoms with van der Waals surface area (Å²) in [5.41, 5.74) is -1.53. The van der Waals surface area contributed by atoms with Crippen molar-refractivity contribution in [2.75, 3.05) is 13.7 Å². The Morgan fingerprint density at radius 3 is 2.40 bits per heavy atom. The minimum absolute atomic E-state index is 0.0544. The predicted octanol–water partition coefficient (Wildman–Crippen LogP) is 5.54. The Morgan fingerprint density at radius 1 is 0.982 bits per heavy atom. The van der Waals surface area contributed by atoms with Gasteiger partial charge in [0.25, 0.3) is 0 Å². The van der Waals surface area contributed by atoms with Gasteiger partial charge in [-0.3, -0.25) is 4.79 Å². The van der Waals surface area contributed by atoms with Crippen molar-refractivity contribution in [1.29, 1.82) is 0 Å². The van der Waals surface area contributed by atoms with E-state index in [1.807, 2.05) is 0 Å². The Labute approximate surface area is 325 Å². The standard InChI is InChI=1S/C44H64O11/c1-38(2)27-11-15-40(4)34-24(9-10-25(41(27,34)5)20-29(38)54-36-32(48)30(46)31(47)33(55-36)35(49)50)19-28-42(40,14-8-18-45)16-17-44(37(51)52)26(22-53-6)21-39(3)12-7-13-43(28,44)23-39/h7,13,18-19,24-27,29-34,36,46-48H,8-12,14-17,20-23H2,1-6H3,(H,49,50)(H,51,52)/t24-,25-,26-,27+,29+,30+,31+,32-,33+,34+,36-,39+,40-,41+,42-,43+,44+/m1/s1. The molecule has 1 spiro atoms. The molecule has 55 heavy (non-hydrogen) atoms. The smallest absolute Gasteiger partial charge is 0.335 e. The van der Waals surface area contributed by atoms with E-state index in [2.05, 4.69) is 52.8 Å². The van der Waals surface area contributed by atoms with Gasteiger partial charge in [-0.25, -0.2) is 4.79 Å². The number of hydrogen-bond acceptors (Lipinski definition) is 9. The number of rotatable bonds is 9. The summed E-state index contributed by atoms with van der Waals surface area (Å²) in [4.78, 5) is 38.4. The van der Waals surface area contributed by atoms with Gasteiger partial charge in [0.15, 0.2) is 12.4 Å². The number of fused-ring (bicyclic) bond motifs is 3. The van der Waals surface area contributed by atoms with Crippen LogP contribution < -0.4 is 0 Å². The molecule has 0 aromatic heterocycles. The van der Waals surface area contributed by atoms with Crippen LogP contribution in [-0.2, 0) is 28.6 Å². The van der Waals surface area contributed by atoms with Crippen molar-refractivity contribution in [2.45, 2.75) is 148 Å². The molecule has 1 saturated heterocycles. The highest BCUT2D eigenvalue weighted by molar-refractivity contribution is 5.79. The van der Waals surface area contributed by atoms with Crippen molar-refractivity contribution < 1.29 is 54.1 Å². The Hall–Kier alpha value is -2.15. The average molecular weight is 769 g/mol. The molecule has 5 saturated carbocycles. The maximum Gasteiger partial charge on any atom is 0.335 e. The van der Waals surface area contributed by atoms with Gasteiger partial charge < -0.3 is 44.5 Å². The number of carboxylic acid groups (broad SMARTS) is 2. The zero-order valence-corrected chi connectivity index (χ0v) is 33.5. The first-order valence-corrected chi connectivity index (χ1v) is 21.0. The van der Waals surface area contributed by atoms with Crippen LogP contribution in [0.2, 0.25) is 0 Å². The van der Waals surface area contributed by atoms with Gasteiger partial charge in [-0.15, -0.1) is 0 Å². The van der Waals surface area contributed by atoms with Gasteiger partial charge in [0.05, 0.1) is 18.1 Å². The van der Waals surface area contributed by atoms with E-state index in [0.717, 1.165) is 57.7 Å². The maximum absolute atomic E-state index is 14.0. The van der Waals surface area contributed by atoms with E-state index < -0.39 is 65.0 Å². The van der Waals surface area contributed by atoms with Crippen molar-refractivity contribution in [3.8, 4) is 0 Å². The molecule has 1 aliphatic heterocycles. The van der Waals surface area contributed by atoms with Gasteiger partial charge in [-0.2, -0.15) is 0 Å². The second kappa shape index (κ2) is 12.9. The Kier molecular flexibility index (Phi) is 9.32. The minimum Gasteiger partial charge on any atom is -0.481 e. The topological polar surface area (TPSA) is 180 Å². The zero-order chi connectivity index (χ0) is 39.7. The summed E-state index contributed by atoms with van der Waals surface area (Å²) in [5.74, 6) is -1.31. The number of aliphatic hydroxyl groups excluding tert-OH is 3. The van der Waals surface area contributed by atoms with Crippen LogP contribution in [0.4, 0.5) is 0 Å². The zero-order valence-electron chi connectivity index (χ0n) is 33.5. The van der Waals surface area contributed by atoms with Crippen molar-refractivity contribution >= 4 is 18.2 Å². The largest absolute Gasteiger partial charge is 0.481 e. The van der Waals surface area contributed by atoms with E-state index in [1.165, 1.54) is 5.57 Å². The van der Waals surface area contributed by atoms with E-state index in [1.54, 1.807) is 7.11 Å². The predicted molar refractivity (Wildman–Crippen MR) is 200 cm³/mol. The fourth-order valence-electron chi connectivity index (χ4n) is 16.4. The monoisotopic (exact) mass is 768 g/mol. The van der Waals surface area contributed by atoms with E-state index in [9.17, 15) is 39.9 Å². The molecular formula is C44H64O11. The quantitative estimate of drug-likeness (QED) is 0.113. The third-order valence-corrected chi connectivity index (χ3v) is 18.4. The number of carboxylic acids is 2.